The Bertz CT molecular complexity index is 2000. The Morgan fingerprint density at radius 1 is 0.812 bits per heavy atom. The van der Waals surface area contributed by atoms with Crippen LogP contribution >= 0.6 is 0 Å². The highest BCUT2D eigenvalue weighted by Crippen LogP contribution is 2.19. The van der Waals surface area contributed by atoms with E-state index >= 15 is 0 Å². The molecule has 352 valence electrons. The van der Waals surface area contributed by atoms with Crippen molar-refractivity contribution in [2.45, 2.75) is 83.9 Å². The van der Waals surface area contributed by atoms with Gasteiger partial charge in [0.2, 0.25) is 23.7 Å². The molecule has 0 bridgehead atoms. The number of rotatable bonds is 29. The van der Waals surface area contributed by atoms with E-state index in [4.69, 9.17) is 35.5 Å². The van der Waals surface area contributed by atoms with E-state index in [1.165, 1.54) is 4.90 Å². The number of carbonyl (C=O) groups is 6. The van der Waals surface area contributed by atoms with Crippen molar-refractivity contribution in [1.82, 2.24) is 40.8 Å². The Labute approximate surface area is 372 Å². The smallest absolute Gasteiger partial charge is 0.329 e. The van der Waals surface area contributed by atoms with E-state index in [0.717, 1.165) is 5.69 Å². The van der Waals surface area contributed by atoms with Gasteiger partial charge in [-0.2, -0.15) is 9.97 Å². The number of hydrogen-bond donors (Lipinski definition) is 6. The van der Waals surface area contributed by atoms with E-state index < -0.39 is 29.5 Å². The highest BCUT2D eigenvalue weighted by Gasteiger charge is 2.28. The summed E-state index contributed by atoms with van der Waals surface area (Å²) >= 11 is 0. The summed E-state index contributed by atoms with van der Waals surface area (Å²) in [7, 11) is 3.42. The van der Waals surface area contributed by atoms with Crippen molar-refractivity contribution < 1.29 is 52.8 Å². The minimum Gasteiger partial charge on any atom is -0.481 e. The second-order valence-electron chi connectivity index (χ2n) is 15.7. The van der Waals surface area contributed by atoms with Crippen molar-refractivity contribution in [3.8, 4) is 0 Å². The maximum atomic E-state index is 13.4. The second-order valence-corrected chi connectivity index (χ2v) is 15.7. The SMILES string of the molecule is COCCOCCOCCC(=O)NCCCN(CCCNC(=O)CC[C@@H](NC(=O)c1ccc(N(C)Cc2cnc3nc(N)nc(N)c3n2)cc1)C(=O)OC(C)(C)C)C(=O)CCC(=O)O. The summed E-state index contributed by atoms with van der Waals surface area (Å²) in [5, 5.41) is 17.4. The van der Waals surface area contributed by atoms with E-state index in [1.54, 1.807) is 58.3 Å². The molecule has 0 unspecified atom stereocenters. The molecule has 22 heteroatoms. The molecule has 64 heavy (non-hydrogen) atoms. The molecule has 0 aliphatic rings. The molecule has 0 spiro atoms. The zero-order valence-electron chi connectivity index (χ0n) is 37.4. The first-order valence-electron chi connectivity index (χ1n) is 21.0. The molecule has 2 heterocycles. The first-order valence-corrected chi connectivity index (χ1v) is 21.0. The summed E-state index contributed by atoms with van der Waals surface area (Å²) in [6, 6.07) is 5.54. The van der Waals surface area contributed by atoms with E-state index in [-0.39, 0.29) is 99.0 Å². The standard InChI is InChI=1S/C42H63N11O11/c1-42(2,3)64-40(60)31(49-39(59)28-8-10-30(11-9-28)52(4)27-29-26-47-38-36(48-29)37(43)50-41(44)51-38)12-13-32(54)45-17-6-19-53(34(56)14-15-35(57)58)20-7-18-46-33(55)16-21-62-24-25-63-23-22-61-5/h8-11,26,31H,6-7,12-25,27H2,1-5H3,(H,45,54)(H,46,55)(H,49,59)(H,57,58)(H4,43,44,47,50,51)/t31-/m1/s1. The quantitative estimate of drug-likeness (QED) is 0.0421. The first-order chi connectivity index (χ1) is 30.4. The monoisotopic (exact) mass is 897 g/mol. The lowest BCUT2D eigenvalue weighted by Crippen LogP contribution is -2.45. The number of methoxy groups -OCH3 is 1. The number of esters is 1. The summed E-state index contributed by atoms with van der Waals surface area (Å²) in [5.41, 5.74) is 13.0. The third-order valence-corrected chi connectivity index (χ3v) is 9.16. The summed E-state index contributed by atoms with van der Waals surface area (Å²) in [6.07, 6.45) is 1.81. The lowest BCUT2D eigenvalue weighted by atomic mass is 10.1. The molecule has 2 aromatic heterocycles. The van der Waals surface area contributed by atoms with Crippen LogP contribution in [0, 0.1) is 0 Å². The van der Waals surface area contributed by atoms with Crippen LogP contribution in [0.4, 0.5) is 17.5 Å². The van der Waals surface area contributed by atoms with Crippen LogP contribution in [0.25, 0.3) is 11.2 Å². The zero-order chi connectivity index (χ0) is 47.1. The molecule has 0 radical (unpaired) electrons. The number of aromatic nitrogens is 4. The van der Waals surface area contributed by atoms with E-state index in [0.29, 0.717) is 63.6 Å². The van der Waals surface area contributed by atoms with Gasteiger partial charge in [0.1, 0.15) is 11.6 Å². The highest BCUT2D eigenvalue weighted by atomic mass is 16.6. The lowest BCUT2D eigenvalue weighted by molar-refractivity contribution is -0.157. The largest absolute Gasteiger partial charge is 0.481 e. The first kappa shape index (κ1) is 52.1. The molecule has 0 aliphatic heterocycles. The van der Waals surface area contributed by atoms with E-state index in [2.05, 4.69) is 35.9 Å². The predicted molar refractivity (Wildman–Crippen MR) is 236 cm³/mol. The van der Waals surface area contributed by atoms with Gasteiger partial charge in [0.15, 0.2) is 17.0 Å². The molecule has 22 nitrogen and oxygen atoms in total. The fourth-order valence-corrected chi connectivity index (χ4v) is 5.93. The number of nitrogens with one attached hydrogen (secondary N) is 3. The van der Waals surface area contributed by atoms with Gasteiger partial charge in [-0.3, -0.25) is 24.0 Å². The minimum absolute atomic E-state index is 0.00000623. The fraction of sp³-hybridized carbons (Fsp3) is 0.571. The Kier molecular flexibility index (Phi) is 22.0. The maximum absolute atomic E-state index is 13.4. The predicted octanol–water partition coefficient (Wildman–Crippen LogP) is 1.22. The number of ether oxygens (including phenoxy) is 4. The number of nitrogens with zero attached hydrogens (tertiary/aromatic N) is 6. The van der Waals surface area contributed by atoms with Gasteiger partial charge in [0, 0.05) is 70.8 Å². The number of fused-ring (bicyclic) bond motifs is 1. The van der Waals surface area contributed by atoms with Gasteiger partial charge in [-0.05, 0) is 64.3 Å². The molecule has 1 atom stereocenters. The molecule has 0 fully saturated rings. The Morgan fingerprint density at radius 3 is 2.06 bits per heavy atom. The molecule has 0 saturated carbocycles. The van der Waals surface area contributed by atoms with Gasteiger partial charge in [0.25, 0.3) is 5.91 Å². The van der Waals surface area contributed by atoms with Crippen LogP contribution in [-0.4, -0.2) is 151 Å². The molecule has 3 rings (SSSR count). The zero-order valence-corrected chi connectivity index (χ0v) is 37.4. The Hall–Kier alpha value is -6.26. The van der Waals surface area contributed by atoms with Crippen LogP contribution in [-0.2, 0) is 49.5 Å². The normalized spacial score (nSPS) is 11.7. The molecule has 0 aliphatic carbocycles. The van der Waals surface area contributed by atoms with Crippen molar-refractivity contribution in [1.29, 1.82) is 0 Å². The van der Waals surface area contributed by atoms with Crippen LogP contribution < -0.4 is 32.3 Å². The molecular weight excluding hydrogens is 835 g/mol. The maximum Gasteiger partial charge on any atom is 0.329 e. The molecule has 4 amide bonds. The number of aliphatic carboxylic acids is 1. The van der Waals surface area contributed by atoms with E-state index in [1.807, 2.05) is 11.9 Å². The molecule has 1 aromatic carbocycles. The lowest BCUT2D eigenvalue weighted by Gasteiger charge is -2.25. The Balaban J connectivity index is 1.48. The van der Waals surface area contributed by atoms with Crippen molar-refractivity contribution >= 4 is 64.2 Å². The van der Waals surface area contributed by atoms with Crippen molar-refractivity contribution in [2.75, 3.05) is 89.7 Å². The van der Waals surface area contributed by atoms with Crippen molar-refractivity contribution in [3.05, 3.63) is 41.7 Å². The molecular formula is C42H63N11O11. The summed E-state index contributed by atoms with van der Waals surface area (Å²) in [5.74, 6) is -3.18. The second kappa shape index (κ2) is 27.0. The topological polar surface area (TPSA) is 306 Å². The van der Waals surface area contributed by atoms with Crippen LogP contribution in [0.3, 0.4) is 0 Å². The Morgan fingerprint density at radius 2 is 1.44 bits per heavy atom. The van der Waals surface area contributed by atoms with Gasteiger partial charge in [-0.1, -0.05) is 0 Å². The number of amides is 4. The third kappa shape index (κ3) is 19.8. The van der Waals surface area contributed by atoms with Gasteiger partial charge < -0.3 is 61.3 Å². The number of carbonyl (C=O) groups excluding carboxylic acids is 5. The number of nitrogens with two attached hydrogens (primary N) is 2. The molecule has 0 saturated heterocycles. The number of carboxylic acids is 1. The molecule has 8 N–H and O–H groups in total. The fourth-order valence-electron chi connectivity index (χ4n) is 5.93. The minimum atomic E-state index is -1.14. The molecule has 3 aromatic rings. The number of nitrogen functional groups attached to an aromatic ring is 2. The van der Waals surface area contributed by atoms with Crippen LogP contribution in [0.1, 0.15) is 81.8 Å². The summed E-state index contributed by atoms with van der Waals surface area (Å²) in [6.45, 7) is 8.33. The number of carboxylic acid groups (broad SMARTS) is 1. The number of hydrogen-bond acceptors (Lipinski definition) is 17. The summed E-state index contributed by atoms with van der Waals surface area (Å²) < 4.78 is 21.1. The van der Waals surface area contributed by atoms with Crippen molar-refractivity contribution in [2.24, 2.45) is 0 Å². The van der Waals surface area contributed by atoms with E-state index in [9.17, 15) is 28.8 Å². The van der Waals surface area contributed by atoms with Crippen LogP contribution in [0.5, 0.6) is 0 Å². The van der Waals surface area contributed by atoms with Crippen LogP contribution in [0.15, 0.2) is 30.5 Å². The van der Waals surface area contributed by atoms with Gasteiger partial charge in [0.05, 0.1) is 57.9 Å². The average molecular weight is 898 g/mol. The van der Waals surface area contributed by atoms with Crippen molar-refractivity contribution in [3.63, 3.8) is 0 Å². The van der Waals surface area contributed by atoms with Gasteiger partial charge in [-0.25, -0.2) is 14.8 Å². The van der Waals surface area contributed by atoms with Gasteiger partial charge >= 0.3 is 11.9 Å². The number of anilines is 3. The van der Waals surface area contributed by atoms with Gasteiger partial charge in [-0.15, -0.1) is 0 Å². The average Bonchev–Trinajstić information content (AvgIpc) is 3.24. The third-order valence-electron chi connectivity index (χ3n) is 9.16. The number of benzene rings is 1. The van der Waals surface area contributed by atoms with Crippen LogP contribution in [0.2, 0.25) is 0 Å². The summed E-state index contributed by atoms with van der Waals surface area (Å²) in [4.78, 5) is 95.8. The highest BCUT2D eigenvalue weighted by molar-refractivity contribution is 5.97.